The molecular weight excluding hydrogens is 276 g/mol. The van der Waals surface area contributed by atoms with Gasteiger partial charge >= 0.3 is 5.97 Å². The third-order valence-corrected chi connectivity index (χ3v) is 5.74. The van der Waals surface area contributed by atoms with E-state index in [1.807, 2.05) is 11.9 Å². The normalized spacial score (nSPS) is 28.1. The van der Waals surface area contributed by atoms with Gasteiger partial charge in [-0.2, -0.15) is 0 Å². The van der Waals surface area contributed by atoms with Crippen LogP contribution in [-0.4, -0.2) is 60.1 Å². The second-order valence-corrected chi connectivity index (χ2v) is 7.52. The Morgan fingerprint density at radius 1 is 1.09 bits per heavy atom. The minimum Gasteiger partial charge on any atom is -0.480 e. The van der Waals surface area contributed by atoms with Crippen LogP contribution in [0.1, 0.15) is 58.3 Å². The number of nitrogens with zero attached hydrogens (tertiary/aromatic N) is 2. The molecule has 1 heterocycles. The van der Waals surface area contributed by atoms with E-state index in [-0.39, 0.29) is 6.54 Å². The van der Waals surface area contributed by atoms with E-state index >= 15 is 0 Å². The Morgan fingerprint density at radius 3 is 2.23 bits per heavy atom. The van der Waals surface area contributed by atoms with Crippen molar-refractivity contribution in [3.63, 3.8) is 0 Å². The Hall–Kier alpha value is -0.610. The average molecular weight is 310 g/mol. The van der Waals surface area contributed by atoms with Crippen LogP contribution in [-0.2, 0) is 4.79 Å². The summed E-state index contributed by atoms with van der Waals surface area (Å²) in [5.74, 6) is 1.19. The zero-order valence-electron chi connectivity index (χ0n) is 14.5. The molecule has 1 saturated carbocycles. The first-order chi connectivity index (χ1) is 10.6. The minimum absolute atomic E-state index is 0.173. The molecule has 0 unspecified atom stereocenters. The zero-order valence-corrected chi connectivity index (χ0v) is 14.5. The highest BCUT2D eigenvalue weighted by Crippen LogP contribution is 2.32. The first kappa shape index (κ1) is 17.7. The van der Waals surface area contributed by atoms with Gasteiger partial charge in [0.15, 0.2) is 0 Å². The van der Waals surface area contributed by atoms with Crippen LogP contribution in [0, 0.1) is 11.8 Å². The molecule has 4 heteroatoms. The van der Waals surface area contributed by atoms with Crippen LogP contribution in [0.15, 0.2) is 0 Å². The molecule has 2 aliphatic rings. The van der Waals surface area contributed by atoms with Gasteiger partial charge < -0.3 is 10.0 Å². The Morgan fingerprint density at radius 2 is 1.68 bits per heavy atom. The van der Waals surface area contributed by atoms with E-state index in [4.69, 9.17) is 5.11 Å². The number of hydrogen-bond acceptors (Lipinski definition) is 3. The van der Waals surface area contributed by atoms with Crippen molar-refractivity contribution < 1.29 is 9.90 Å². The lowest BCUT2D eigenvalue weighted by Crippen LogP contribution is -2.46. The SMILES string of the molecule is CCCC1CCC(CN2CCC(N(C)CC(=O)O)CC2)CC1. The van der Waals surface area contributed by atoms with Gasteiger partial charge in [-0.25, -0.2) is 0 Å². The number of piperidine rings is 1. The zero-order chi connectivity index (χ0) is 15.9. The summed E-state index contributed by atoms with van der Waals surface area (Å²) in [7, 11) is 1.95. The molecule has 1 N–H and O–H groups in total. The predicted molar refractivity (Wildman–Crippen MR) is 90.1 cm³/mol. The number of aliphatic carboxylic acids is 1. The van der Waals surface area contributed by atoms with Crippen LogP contribution in [0.25, 0.3) is 0 Å². The maximum absolute atomic E-state index is 10.8. The van der Waals surface area contributed by atoms with E-state index in [2.05, 4.69) is 11.8 Å². The van der Waals surface area contributed by atoms with Crippen molar-refractivity contribution >= 4 is 5.97 Å². The Bertz CT molecular complexity index is 332. The molecule has 128 valence electrons. The summed E-state index contributed by atoms with van der Waals surface area (Å²) in [5.41, 5.74) is 0. The smallest absolute Gasteiger partial charge is 0.317 e. The van der Waals surface area contributed by atoms with Gasteiger partial charge in [0, 0.05) is 12.6 Å². The number of likely N-dealkylation sites (tertiary alicyclic amines) is 1. The highest BCUT2D eigenvalue weighted by atomic mass is 16.4. The van der Waals surface area contributed by atoms with E-state index in [1.54, 1.807) is 0 Å². The van der Waals surface area contributed by atoms with Crippen LogP contribution in [0.4, 0.5) is 0 Å². The quantitative estimate of drug-likeness (QED) is 0.785. The first-order valence-corrected chi connectivity index (χ1v) is 9.22. The van der Waals surface area contributed by atoms with Gasteiger partial charge in [0.2, 0.25) is 0 Å². The Balaban J connectivity index is 1.64. The number of hydrogen-bond donors (Lipinski definition) is 1. The third kappa shape index (κ3) is 5.54. The summed E-state index contributed by atoms with van der Waals surface area (Å²) < 4.78 is 0. The fourth-order valence-electron chi connectivity index (χ4n) is 4.36. The lowest BCUT2D eigenvalue weighted by Gasteiger charge is -2.39. The van der Waals surface area contributed by atoms with Gasteiger partial charge in [-0.15, -0.1) is 0 Å². The molecule has 0 aromatic rings. The van der Waals surface area contributed by atoms with Crippen molar-refractivity contribution in [3.05, 3.63) is 0 Å². The fraction of sp³-hybridized carbons (Fsp3) is 0.944. The molecule has 22 heavy (non-hydrogen) atoms. The van der Waals surface area contributed by atoms with Gasteiger partial charge in [-0.1, -0.05) is 32.6 Å². The summed E-state index contributed by atoms with van der Waals surface area (Å²) in [4.78, 5) is 15.4. The molecule has 0 spiro atoms. The molecular formula is C18H34N2O2. The highest BCUT2D eigenvalue weighted by Gasteiger charge is 2.27. The molecule has 2 fully saturated rings. The standard InChI is InChI=1S/C18H34N2O2/c1-3-4-15-5-7-16(8-6-15)13-20-11-9-17(10-12-20)19(2)14-18(21)22/h15-17H,3-14H2,1-2H3,(H,21,22). The molecule has 0 radical (unpaired) electrons. The van der Waals surface area contributed by atoms with Crippen molar-refractivity contribution in [2.24, 2.45) is 11.8 Å². The molecule has 0 atom stereocenters. The fourth-order valence-corrected chi connectivity index (χ4v) is 4.36. The van der Waals surface area contributed by atoms with Gasteiger partial charge in [-0.05, 0) is 57.7 Å². The van der Waals surface area contributed by atoms with Crippen molar-refractivity contribution in [1.29, 1.82) is 0 Å². The Kier molecular flexibility index (Phi) is 7.16. The van der Waals surface area contributed by atoms with Crippen molar-refractivity contribution in [2.45, 2.75) is 64.3 Å². The van der Waals surface area contributed by atoms with Gasteiger partial charge in [0.25, 0.3) is 0 Å². The van der Waals surface area contributed by atoms with Gasteiger partial charge in [0.05, 0.1) is 6.54 Å². The minimum atomic E-state index is -0.714. The molecule has 1 aliphatic heterocycles. The molecule has 0 aromatic heterocycles. The summed E-state index contributed by atoms with van der Waals surface area (Å²) >= 11 is 0. The largest absolute Gasteiger partial charge is 0.480 e. The number of carbonyl (C=O) groups is 1. The number of rotatable bonds is 7. The monoisotopic (exact) mass is 310 g/mol. The van der Waals surface area contributed by atoms with Crippen molar-refractivity contribution in [2.75, 3.05) is 33.2 Å². The summed E-state index contributed by atoms with van der Waals surface area (Å²) in [5, 5.41) is 8.89. The predicted octanol–water partition coefficient (Wildman–Crippen LogP) is 3.07. The van der Waals surface area contributed by atoms with Crippen LogP contribution in [0.5, 0.6) is 0 Å². The van der Waals surface area contributed by atoms with Crippen LogP contribution in [0.2, 0.25) is 0 Å². The van der Waals surface area contributed by atoms with Crippen molar-refractivity contribution in [1.82, 2.24) is 9.80 Å². The van der Waals surface area contributed by atoms with E-state index in [9.17, 15) is 4.79 Å². The lowest BCUT2D eigenvalue weighted by atomic mass is 9.80. The highest BCUT2D eigenvalue weighted by molar-refractivity contribution is 5.69. The number of likely N-dealkylation sites (N-methyl/N-ethyl adjacent to an activating group) is 1. The van der Waals surface area contributed by atoms with E-state index in [0.29, 0.717) is 6.04 Å². The van der Waals surface area contributed by atoms with Gasteiger partial charge in [-0.3, -0.25) is 9.69 Å². The van der Waals surface area contributed by atoms with E-state index in [0.717, 1.165) is 37.8 Å². The second-order valence-electron chi connectivity index (χ2n) is 7.52. The average Bonchev–Trinajstić information content (AvgIpc) is 2.49. The summed E-state index contributed by atoms with van der Waals surface area (Å²) in [6, 6.07) is 0.452. The molecule has 0 bridgehead atoms. The molecule has 1 aliphatic carbocycles. The van der Waals surface area contributed by atoms with Crippen LogP contribution in [0.3, 0.4) is 0 Å². The summed E-state index contributed by atoms with van der Waals surface area (Å²) in [6.07, 6.45) is 10.7. The van der Waals surface area contributed by atoms with Crippen molar-refractivity contribution in [3.8, 4) is 0 Å². The molecule has 4 nitrogen and oxygen atoms in total. The number of carboxylic acid groups (broad SMARTS) is 1. The maximum Gasteiger partial charge on any atom is 0.317 e. The second kappa shape index (κ2) is 8.88. The van der Waals surface area contributed by atoms with Crippen LogP contribution < -0.4 is 0 Å². The molecule has 2 rings (SSSR count). The molecule has 0 aromatic carbocycles. The number of carboxylic acids is 1. The molecule has 0 amide bonds. The van der Waals surface area contributed by atoms with E-state index in [1.165, 1.54) is 45.1 Å². The molecule has 1 saturated heterocycles. The lowest BCUT2D eigenvalue weighted by molar-refractivity contribution is -0.138. The Labute approximate surface area is 135 Å². The summed E-state index contributed by atoms with van der Waals surface area (Å²) in [6.45, 7) is 6.03. The topological polar surface area (TPSA) is 43.8 Å². The first-order valence-electron chi connectivity index (χ1n) is 9.22. The third-order valence-electron chi connectivity index (χ3n) is 5.74. The van der Waals surface area contributed by atoms with Gasteiger partial charge in [0.1, 0.15) is 0 Å². The van der Waals surface area contributed by atoms with Crippen LogP contribution >= 0.6 is 0 Å². The van der Waals surface area contributed by atoms with E-state index < -0.39 is 5.97 Å². The maximum atomic E-state index is 10.8.